The zero-order valence-corrected chi connectivity index (χ0v) is 10.0. The molecule has 0 bridgehead atoms. The smallest absolute Gasteiger partial charge is 0.0594 e. The highest BCUT2D eigenvalue weighted by Gasteiger charge is 2.23. The minimum absolute atomic E-state index is 0.746. The molecule has 1 saturated heterocycles. The van der Waals surface area contributed by atoms with E-state index in [2.05, 4.69) is 24.8 Å². The lowest BCUT2D eigenvalue weighted by Crippen LogP contribution is -2.44. The maximum Gasteiger partial charge on any atom is 0.0594 e. The first kappa shape index (κ1) is 11.2. The second-order valence-electron chi connectivity index (χ2n) is 5.01. The molecule has 0 aromatic heterocycles. The number of morpholine rings is 1. The quantitative estimate of drug-likeness (QED) is 0.648. The van der Waals surface area contributed by atoms with Crippen LogP contribution in [0.5, 0.6) is 0 Å². The van der Waals surface area contributed by atoms with Crippen molar-refractivity contribution in [2.45, 2.75) is 39.2 Å². The normalized spacial score (nSPS) is 29.3. The molecule has 0 spiro atoms. The van der Waals surface area contributed by atoms with Crippen LogP contribution in [0, 0.1) is 5.92 Å². The standard InChI is InChI=1S/C13H23NO/c1-11(2)12-3-5-13(6-4-12)14-7-9-15-10-8-14/h3,11,13H,4-10H2,1-2H3/t13-/m1/s1. The molecule has 2 aliphatic rings. The SMILES string of the molecule is CC(C)C1=CC[C@@H](N2CCOCC2)CC1. The van der Waals surface area contributed by atoms with E-state index in [1.807, 2.05) is 0 Å². The summed E-state index contributed by atoms with van der Waals surface area (Å²) in [4.78, 5) is 2.61. The van der Waals surface area contributed by atoms with Crippen LogP contribution in [-0.2, 0) is 4.74 Å². The molecule has 0 aromatic rings. The molecule has 0 radical (unpaired) electrons. The van der Waals surface area contributed by atoms with Crippen LogP contribution in [0.1, 0.15) is 33.1 Å². The molecule has 2 rings (SSSR count). The topological polar surface area (TPSA) is 12.5 Å². The Morgan fingerprint density at radius 1 is 1.33 bits per heavy atom. The lowest BCUT2D eigenvalue weighted by molar-refractivity contribution is 0.0143. The molecule has 0 aromatic carbocycles. The van der Waals surface area contributed by atoms with Gasteiger partial charge in [0, 0.05) is 19.1 Å². The maximum atomic E-state index is 5.39. The summed E-state index contributed by atoms with van der Waals surface area (Å²) in [7, 11) is 0. The van der Waals surface area contributed by atoms with E-state index in [-0.39, 0.29) is 0 Å². The predicted octanol–water partition coefficient (Wildman–Crippen LogP) is 2.45. The van der Waals surface area contributed by atoms with E-state index in [1.165, 1.54) is 19.3 Å². The largest absolute Gasteiger partial charge is 0.379 e. The summed E-state index contributed by atoms with van der Waals surface area (Å²) in [6.07, 6.45) is 6.39. The van der Waals surface area contributed by atoms with E-state index in [9.17, 15) is 0 Å². The average molecular weight is 209 g/mol. The van der Waals surface area contributed by atoms with Gasteiger partial charge < -0.3 is 4.74 Å². The zero-order chi connectivity index (χ0) is 10.7. The Bertz CT molecular complexity index is 229. The fourth-order valence-electron chi connectivity index (χ4n) is 2.64. The van der Waals surface area contributed by atoms with E-state index in [1.54, 1.807) is 5.57 Å². The molecular weight excluding hydrogens is 186 g/mol. The lowest BCUT2D eigenvalue weighted by Gasteiger charge is -2.36. The molecule has 2 nitrogen and oxygen atoms in total. The summed E-state index contributed by atoms with van der Waals surface area (Å²) in [6, 6.07) is 0.788. The Morgan fingerprint density at radius 3 is 2.60 bits per heavy atom. The highest BCUT2D eigenvalue weighted by atomic mass is 16.5. The summed E-state index contributed by atoms with van der Waals surface area (Å²) in [6.45, 7) is 8.74. The van der Waals surface area contributed by atoms with Gasteiger partial charge in [0.25, 0.3) is 0 Å². The number of nitrogens with zero attached hydrogens (tertiary/aromatic N) is 1. The molecule has 1 atom stereocenters. The Morgan fingerprint density at radius 2 is 2.07 bits per heavy atom. The second kappa shape index (κ2) is 5.13. The molecule has 1 heterocycles. The molecule has 86 valence electrons. The van der Waals surface area contributed by atoms with Crippen molar-refractivity contribution in [3.63, 3.8) is 0 Å². The van der Waals surface area contributed by atoms with Crippen LogP contribution in [0.25, 0.3) is 0 Å². The highest BCUT2D eigenvalue weighted by molar-refractivity contribution is 5.10. The number of ether oxygens (including phenoxy) is 1. The van der Waals surface area contributed by atoms with Crippen LogP contribution in [-0.4, -0.2) is 37.2 Å². The van der Waals surface area contributed by atoms with Crippen molar-refractivity contribution in [1.29, 1.82) is 0 Å². The van der Waals surface area contributed by atoms with Crippen LogP contribution in [0.15, 0.2) is 11.6 Å². The van der Waals surface area contributed by atoms with Crippen molar-refractivity contribution in [2.24, 2.45) is 5.92 Å². The molecule has 1 aliphatic carbocycles. The Hall–Kier alpha value is -0.340. The van der Waals surface area contributed by atoms with Gasteiger partial charge >= 0.3 is 0 Å². The van der Waals surface area contributed by atoms with Crippen LogP contribution < -0.4 is 0 Å². The monoisotopic (exact) mass is 209 g/mol. The highest BCUT2D eigenvalue weighted by Crippen LogP contribution is 2.27. The fourth-order valence-corrected chi connectivity index (χ4v) is 2.64. The van der Waals surface area contributed by atoms with Crippen LogP contribution in [0.4, 0.5) is 0 Å². The van der Waals surface area contributed by atoms with E-state index in [0.29, 0.717) is 0 Å². The van der Waals surface area contributed by atoms with E-state index in [0.717, 1.165) is 38.3 Å². The molecule has 0 amide bonds. The summed E-state index contributed by atoms with van der Waals surface area (Å²) in [5.41, 5.74) is 1.67. The first-order chi connectivity index (χ1) is 7.27. The first-order valence-corrected chi connectivity index (χ1v) is 6.28. The van der Waals surface area contributed by atoms with E-state index >= 15 is 0 Å². The molecule has 15 heavy (non-hydrogen) atoms. The summed E-state index contributed by atoms with van der Waals surface area (Å²) in [5.74, 6) is 0.746. The minimum atomic E-state index is 0.746. The van der Waals surface area contributed by atoms with Gasteiger partial charge in [0.2, 0.25) is 0 Å². The van der Waals surface area contributed by atoms with Gasteiger partial charge in [-0.15, -0.1) is 0 Å². The predicted molar refractivity (Wildman–Crippen MR) is 63.0 cm³/mol. The van der Waals surface area contributed by atoms with Crippen LogP contribution in [0.3, 0.4) is 0 Å². The minimum Gasteiger partial charge on any atom is -0.379 e. The fraction of sp³-hybridized carbons (Fsp3) is 0.846. The Balaban J connectivity index is 1.86. The number of hydrogen-bond donors (Lipinski definition) is 0. The Labute approximate surface area is 93.3 Å². The van der Waals surface area contributed by atoms with Gasteiger partial charge in [-0.05, 0) is 25.2 Å². The lowest BCUT2D eigenvalue weighted by atomic mass is 9.88. The maximum absolute atomic E-state index is 5.39. The van der Waals surface area contributed by atoms with Gasteiger partial charge in [-0.2, -0.15) is 0 Å². The van der Waals surface area contributed by atoms with Crippen molar-refractivity contribution in [1.82, 2.24) is 4.90 Å². The van der Waals surface area contributed by atoms with Gasteiger partial charge in [0.1, 0.15) is 0 Å². The second-order valence-corrected chi connectivity index (χ2v) is 5.01. The van der Waals surface area contributed by atoms with Gasteiger partial charge in [-0.1, -0.05) is 25.5 Å². The van der Waals surface area contributed by atoms with Gasteiger partial charge in [0.15, 0.2) is 0 Å². The van der Waals surface area contributed by atoms with Crippen LogP contribution >= 0.6 is 0 Å². The number of hydrogen-bond acceptors (Lipinski definition) is 2. The van der Waals surface area contributed by atoms with E-state index < -0.39 is 0 Å². The van der Waals surface area contributed by atoms with Crippen molar-refractivity contribution in [3.8, 4) is 0 Å². The van der Waals surface area contributed by atoms with Crippen molar-refractivity contribution < 1.29 is 4.74 Å². The number of rotatable bonds is 2. The third-order valence-corrected chi connectivity index (χ3v) is 3.72. The number of allylic oxidation sites excluding steroid dienone is 1. The van der Waals surface area contributed by atoms with Gasteiger partial charge in [-0.25, -0.2) is 0 Å². The van der Waals surface area contributed by atoms with Gasteiger partial charge in [0.05, 0.1) is 13.2 Å². The third kappa shape index (κ3) is 2.82. The summed E-state index contributed by atoms with van der Waals surface area (Å²) in [5, 5.41) is 0. The molecule has 0 saturated carbocycles. The molecule has 1 aliphatic heterocycles. The average Bonchev–Trinajstić information content (AvgIpc) is 2.30. The van der Waals surface area contributed by atoms with Crippen LogP contribution in [0.2, 0.25) is 0 Å². The Kier molecular flexibility index (Phi) is 3.81. The van der Waals surface area contributed by atoms with Gasteiger partial charge in [-0.3, -0.25) is 4.90 Å². The molecular formula is C13H23NO. The van der Waals surface area contributed by atoms with Crippen molar-refractivity contribution in [2.75, 3.05) is 26.3 Å². The molecule has 0 N–H and O–H groups in total. The van der Waals surface area contributed by atoms with Crippen molar-refractivity contribution >= 4 is 0 Å². The zero-order valence-electron chi connectivity index (χ0n) is 10.0. The van der Waals surface area contributed by atoms with E-state index in [4.69, 9.17) is 4.74 Å². The van der Waals surface area contributed by atoms with Crippen molar-refractivity contribution in [3.05, 3.63) is 11.6 Å². The first-order valence-electron chi connectivity index (χ1n) is 6.28. The third-order valence-electron chi connectivity index (χ3n) is 3.72. The molecule has 0 unspecified atom stereocenters. The summed E-state index contributed by atoms with van der Waals surface area (Å²) >= 11 is 0. The molecule has 2 heteroatoms. The molecule has 1 fully saturated rings. The summed E-state index contributed by atoms with van der Waals surface area (Å²) < 4.78 is 5.39.